The molecule has 0 aromatic heterocycles. The van der Waals surface area contributed by atoms with Crippen molar-refractivity contribution in [1.29, 1.82) is 0 Å². The van der Waals surface area contributed by atoms with Crippen LogP contribution < -0.4 is 15.5 Å². The van der Waals surface area contributed by atoms with Gasteiger partial charge in [0.2, 0.25) is 11.8 Å². The lowest BCUT2D eigenvalue weighted by Crippen LogP contribution is -2.50. The predicted octanol–water partition coefficient (Wildman–Crippen LogP) is 4.05. The summed E-state index contributed by atoms with van der Waals surface area (Å²) in [5.74, 6) is -0.322. The maximum Gasteiger partial charge on any atom is 0.244 e. The third kappa shape index (κ3) is 4.11. The molecule has 0 saturated carbocycles. The summed E-state index contributed by atoms with van der Waals surface area (Å²) in [5.41, 5.74) is 4.74. The van der Waals surface area contributed by atoms with Crippen molar-refractivity contribution in [1.82, 2.24) is 5.32 Å². The standard InChI is InChI=1S/C25H25N3O2/c1-17-12-14-20(15-13-17)24(19-8-4-3-5-9-19)26-18(2)25(30)28-16-23(29)27-21-10-6-7-11-22(21)28/h3-15,18,24,26H,16H2,1-2H3,(H,27,29)/t18-,24-/m1/s1. The predicted molar refractivity (Wildman–Crippen MR) is 119 cm³/mol. The Balaban J connectivity index is 1.61. The van der Waals surface area contributed by atoms with Crippen molar-refractivity contribution in [2.75, 3.05) is 16.8 Å². The molecule has 5 nitrogen and oxygen atoms in total. The minimum Gasteiger partial charge on any atom is -0.323 e. The summed E-state index contributed by atoms with van der Waals surface area (Å²) >= 11 is 0. The minimum absolute atomic E-state index is 0.0163. The van der Waals surface area contributed by atoms with Gasteiger partial charge in [-0.25, -0.2) is 0 Å². The van der Waals surface area contributed by atoms with E-state index in [4.69, 9.17) is 0 Å². The van der Waals surface area contributed by atoms with Crippen LogP contribution in [0.25, 0.3) is 0 Å². The minimum atomic E-state index is -0.490. The van der Waals surface area contributed by atoms with Crippen LogP contribution in [-0.2, 0) is 9.59 Å². The number of carbonyl (C=O) groups excluding carboxylic acids is 2. The van der Waals surface area contributed by atoms with E-state index >= 15 is 0 Å². The van der Waals surface area contributed by atoms with Gasteiger partial charge in [-0.05, 0) is 37.1 Å². The normalized spacial score (nSPS) is 15.1. The first-order chi connectivity index (χ1) is 14.5. The van der Waals surface area contributed by atoms with Gasteiger partial charge < -0.3 is 5.32 Å². The Labute approximate surface area is 176 Å². The van der Waals surface area contributed by atoms with E-state index in [2.05, 4.69) is 54.0 Å². The summed E-state index contributed by atoms with van der Waals surface area (Å²) in [5, 5.41) is 6.32. The summed E-state index contributed by atoms with van der Waals surface area (Å²) in [7, 11) is 0. The summed E-state index contributed by atoms with van der Waals surface area (Å²) < 4.78 is 0. The molecule has 2 amide bonds. The van der Waals surface area contributed by atoms with E-state index in [1.807, 2.05) is 49.4 Å². The number of aryl methyl sites for hydroxylation is 1. The fourth-order valence-electron chi connectivity index (χ4n) is 3.77. The number of hydrogen-bond donors (Lipinski definition) is 2. The summed E-state index contributed by atoms with van der Waals surface area (Å²) in [6.07, 6.45) is 0. The first-order valence-electron chi connectivity index (χ1n) is 10.1. The highest BCUT2D eigenvalue weighted by Gasteiger charge is 2.31. The van der Waals surface area contributed by atoms with Crippen LogP contribution in [0.2, 0.25) is 0 Å². The summed E-state index contributed by atoms with van der Waals surface area (Å²) in [4.78, 5) is 27.0. The number of fused-ring (bicyclic) bond motifs is 1. The molecule has 2 N–H and O–H groups in total. The van der Waals surface area contributed by atoms with Crippen LogP contribution in [0.1, 0.15) is 29.7 Å². The van der Waals surface area contributed by atoms with Crippen molar-refractivity contribution >= 4 is 23.2 Å². The molecule has 0 saturated heterocycles. The maximum atomic E-state index is 13.3. The number of benzene rings is 3. The molecule has 0 fully saturated rings. The van der Waals surface area contributed by atoms with Crippen LogP contribution in [0.3, 0.4) is 0 Å². The molecule has 0 bridgehead atoms. The van der Waals surface area contributed by atoms with Gasteiger partial charge in [-0.15, -0.1) is 0 Å². The van der Waals surface area contributed by atoms with Crippen LogP contribution in [0.5, 0.6) is 0 Å². The number of carbonyl (C=O) groups is 2. The van der Waals surface area contributed by atoms with Crippen molar-refractivity contribution < 1.29 is 9.59 Å². The number of amides is 2. The van der Waals surface area contributed by atoms with Crippen LogP contribution in [0.15, 0.2) is 78.9 Å². The highest BCUT2D eigenvalue weighted by molar-refractivity contribution is 6.11. The maximum absolute atomic E-state index is 13.3. The van der Waals surface area contributed by atoms with Gasteiger partial charge in [0.15, 0.2) is 0 Å². The molecule has 3 aromatic rings. The van der Waals surface area contributed by atoms with Gasteiger partial charge in [0.1, 0.15) is 6.54 Å². The lowest BCUT2D eigenvalue weighted by molar-refractivity contribution is -0.123. The average molecular weight is 399 g/mol. The van der Waals surface area contributed by atoms with Gasteiger partial charge >= 0.3 is 0 Å². The molecule has 0 radical (unpaired) electrons. The number of para-hydroxylation sites is 2. The fraction of sp³-hybridized carbons (Fsp3) is 0.200. The molecule has 5 heteroatoms. The monoisotopic (exact) mass is 399 g/mol. The van der Waals surface area contributed by atoms with Gasteiger partial charge in [-0.3, -0.25) is 19.8 Å². The zero-order valence-electron chi connectivity index (χ0n) is 17.1. The molecule has 2 atom stereocenters. The molecular formula is C25H25N3O2. The Morgan fingerprint density at radius 1 is 0.933 bits per heavy atom. The van der Waals surface area contributed by atoms with Crippen molar-refractivity contribution in [3.05, 3.63) is 95.6 Å². The van der Waals surface area contributed by atoms with E-state index in [-0.39, 0.29) is 24.4 Å². The van der Waals surface area contributed by atoms with Gasteiger partial charge in [0.05, 0.1) is 23.5 Å². The van der Waals surface area contributed by atoms with Gasteiger partial charge in [0.25, 0.3) is 0 Å². The van der Waals surface area contributed by atoms with Gasteiger partial charge in [-0.2, -0.15) is 0 Å². The molecule has 0 unspecified atom stereocenters. The first kappa shape index (κ1) is 19.9. The van der Waals surface area contributed by atoms with E-state index in [1.54, 1.807) is 4.90 Å². The second-order valence-corrected chi connectivity index (χ2v) is 7.63. The Morgan fingerprint density at radius 3 is 2.30 bits per heavy atom. The molecule has 1 aliphatic rings. The molecule has 30 heavy (non-hydrogen) atoms. The average Bonchev–Trinajstić information content (AvgIpc) is 2.77. The van der Waals surface area contributed by atoms with Gasteiger partial charge in [0, 0.05) is 0 Å². The van der Waals surface area contributed by atoms with E-state index in [9.17, 15) is 9.59 Å². The quantitative estimate of drug-likeness (QED) is 0.681. The molecule has 152 valence electrons. The Hall–Kier alpha value is -3.44. The highest BCUT2D eigenvalue weighted by Crippen LogP contribution is 2.30. The third-order valence-electron chi connectivity index (χ3n) is 5.37. The topological polar surface area (TPSA) is 61.4 Å². The van der Waals surface area contributed by atoms with Crippen molar-refractivity contribution in [3.63, 3.8) is 0 Å². The molecular weight excluding hydrogens is 374 g/mol. The number of rotatable bonds is 5. The van der Waals surface area contributed by atoms with Crippen LogP contribution in [0.4, 0.5) is 11.4 Å². The van der Waals surface area contributed by atoms with Crippen molar-refractivity contribution in [2.24, 2.45) is 0 Å². The summed E-state index contributed by atoms with van der Waals surface area (Å²) in [6.45, 7) is 3.92. The fourth-order valence-corrected chi connectivity index (χ4v) is 3.77. The lowest BCUT2D eigenvalue weighted by atomic mass is 9.97. The van der Waals surface area contributed by atoms with Crippen LogP contribution in [0, 0.1) is 6.92 Å². The first-order valence-corrected chi connectivity index (χ1v) is 10.1. The lowest BCUT2D eigenvalue weighted by Gasteiger charge is -2.32. The highest BCUT2D eigenvalue weighted by atomic mass is 16.2. The molecule has 1 heterocycles. The number of nitrogens with zero attached hydrogens (tertiary/aromatic N) is 1. The van der Waals surface area contributed by atoms with Crippen LogP contribution in [-0.4, -0.2) is 24.4 Å². The zero-order chi connectivity index (χ0) is 21.1. The SMILES string of the molecule is Cc1ccc([C@H](N[C@H](C)C(=O)N2CC(=O)Nc3ccccc32)c2ccccc2)cc1. The van der Waals surface area contributed by atoms with Crippen molar-refractivity contribution in [2.45, 2.75) is 25.9 Å². The van der Waals surface area contributed by atoms with E-state index in [1.165, 1.54) is 5.56 Å². The number of nitrogens with one attached hydrogen (secondary N) is 2. The molecule has 4 rings (SSSR count). The largest absolute Gasteiger partial charge is 0.323 e. The zero-order valence-corrected chi connectivity index (χ0v) is 17.1. The smallest absolute Gasteiger partial charge is 0.244 e. The molecule has 3 aromatic carbocycles. The number of hydrogen-bond acceptors (Lipinski definition) is 3. The second kappa shape index (κ2) is 8.51. The molecule has 0 aliphatic carbocycles. The Bertz CT molecular complexity index is 1050. The Kier molecular flexibility index (Phi) is 5.63. The van der Waals surface area contributed by atoms with Crippen LogP contribution >= 0.6 is 0 Å². The van der Waals surface area contributed by atoms with E-state index < -0.39 is 6.04 Å². The number of anilines is 2. The third-order valence-corrected chi connectivity index (χ3v) is 5.37. The molecule has 0 spiro atoms. The van der Waals surface area contributed by atoms with Gasteiger partial charge in [-0.1, -0.05) is 72.3 Å². The molecule has 1 aliphatic heterocycles. The van der Waals surface area contributed by atoms with E-state index in [0.29, 0.717) is 5.69 Å². The summed E-state index contributed by atoms with van der Waals surface area (Å²) in [6, 6.07) is 25.1. The Morgan fingerprint density at radius 2 is 1.57 bits per heavy atom. The van der Waals surface area contributed by atoms with Crippen molar-refractivity contribution in [3.8, 4) is 0 Å². The van der Waals surface area contributed by atoms with E-state index in [0.717, 1.165) is 16.8 Å². The second-order valence-electron chi connectivity index (χ2n) is 7.63.